The second-order valence-corrected chi connectivity index (χ2v) is 4.29. The first kappa shape index (κ1) is 10.8. The van der Waals surface area contributed by atoms with Crippen LogP contribution >= 0.6 is 0 Å². The Bertz CT molecular complexity index is 712. The summed E-state index contributed by atoms with van der Waals surface area (Å²) < 4.78 is 7.01. The van der Waals surface area contributed by atoms with Crippen molar-refractivity contribution in [1.82, 2.24) is 19.7 Å². The van der Waals surface area contributed by atoms with Crippen molar-refractivity contribution < 1.29 is 4.52 Å². The molecule has 6 heteroatoms. The molecule has 2 N–H and O–H groups in total. The normalized spacial score (nSPS) is 11.2. The van der Waals surface area contributed by atoms with Crippen LogP contribution in [0, 0.1) is 13.8 Å². The van der Waals surface area contributed by atoms with Crippen molar-refractivity contribution in [2.24, 2.45) is 0 Å². The molecule has 3 aromatic rings. The van der Waals surface area contributed by atoms with Crippen molar-refractivity contribution in [2.45, 2.75) is 20.4 Å². The van der Waals surface area contributed by atoms with Crippen LogP contribution in [0.15, 0.2) is 22.7 Å². The molecule has 0 unspecified atom stereocenters. The second-order valence-electron chi connectivity index (χ2n) is 4.29. The van der Waals surface area contributed by atoms with Crippen molar-refractivity contribution in [2.75, 3.05) is 5.73 Å². The van der Waals surface area contributed by atoms with Crippen molar-refractivity contribution in [3.63, 3.8) is 0 Å². The van der Waals surface area contributed by atoms with Crippen LogP contribution < -0.4 is 5.73 Å². The fourth-order valence-corrected chi connectivity index (χ4v) is 1.92. The van der Waals surface area contributed by atoms with Crippen LogP contribution in [0.2, 0.25) is 0 Å². The third-order valence-corrected chi connectivity index (χ3v) is 2.75. The number of hydrogen-bond acceptors (Lipinski definition) is 5. The highest BCUT2D eigenvalue weighted by molar-refractivity contribution is 5.74. The van der Waals surface area contributed by atoms with Crippen LogP contribution in [0.4, 0.5) is 5.95 Å². The van der Waals surface area contributed by atoms with Gasteiger partial charge in [-0.3, -0.25) is 4.57 Å². The van der Waals surface area contributed by atoms with Gasteiger partial charge in [-0.2, -0.15) is 0 Å². The smallest absolute Gasteiger partial charge is 0.202 e. The molecule has 0 spiro atoms. The number of aryl methyl sites for hydroxylation is 2. The van der Waals surface area contributed by atoms with Gasteiger partial charge >= 0.3 is 0 Å². The Labute approximate surface area is 103 Å². The average Bonchev–Trinajstić information content (AvgIpc) is 2.86. The Kier molecular flexibility index (Phi) is 2.29. The number of hydrogen-bond donors (Lipinski definition) is 1. The van der Waals surface area contributed by atoms with E-state index < -0.39 is 0 Å². The Morgan fingerprint density at radius 3 is 2.78 bits per heavy atom. The van der Waals surface area contributed by atoms with Crippen LogP contribution in [0.3, 0.4) is 0 Å². The molecule has 0 radical (unpaired) electrons. The van der Waals surface area contributed by atoms with Crippen molar-refractivity contribution in [3.05, 3.63) is 35.3 Å². The van der Waals surface area contributed by atoms with E-state index in [1.54, 1.807) is 0 Å². The molecule has 18 heavy (non-hydrogen) atoms. The Morgan fingerprint density at radius 1 is 1.22 bits per heavy atom. The Morgan fingerprint density at radius 2 is 2.06 bits per heavy atom. The zero-order valence-corrected chi connectivity index (χ0v) is 10.2. The van der Waals surface area contributed by atoms with E-state index in [4.69, 9.17) is 10.3 Å². The molecule has 0 saturated carbocycles. The van der Waals surface area contributed by atoms with Crippen LogP contribution in [0.1, 0.15) is 17.1 Å². The molecular weight excluding hydrogens is 230 g/mol. The first-order chi connectivity index (χ1) is 8.63. The lowest BCUT2D eigenvalue weighted by molar-refractivity contribution is 0.374. The molecular formula is C12H13N5O. The molecule has 0 aliphatic heterocycles. The van der Waals surface area contributed by atoms with Crippen molar-refractivity contribution >= 4 is 17.1 Å². The van der Waals surface area contributed by atoms with E-state index in [0.29, 0.717) is 12.5 Å². The van der Waals surface area contributed by atoms with E-state index in [1.807, 2.05) is 36.6 Å². The summed E-state index contributed by atoms with van der Waals surface area (Å²) >= 11 is 0. The van der Waals surface area contributed by atoms with Gasteiger partial charge in [-0.05, 0) is 26.0 Å². The number of nitrogen functional groups attached to an aromatic ring is 1. The molecule has 6 nitrogen and oxygen atoms in total. The minimum Gasteiger partial charge on any atom is -0.369 e. The second kappa shape index (κ2) is 3.83. The molecule has 0 fully saturated rings. The lowest BCUT2D eigenvalue weighted by Gasteiger charge is -2.02. The van der Waals surface area contributed by atoms with Gasteiger partial charge < -0.3 is 10.3 Å². The van der Waals surface area contributed by atoms with Gasteiger partial charge in [0.05, 0.1) is 12.2 Å². The molecule has 0 amide bonds. The van der Waals surface area contributed by atoms with Gasteiger partial charge in [0.2, 0.25) is 5.95 Å². The molecule has 3 rings (SSSR count). The van der Waals surface area contributed by atoms with Gasteiger partial charge in [0, 0.05) is 11.8 Å². The minimum absolute atomic E-state index is 0.428. The standard InChI is InChI=1S/C12H13N5O/c1-7-3-4-10-11(14-7)17(12(13)15-10)6-9-5-8(2)16-18-9/h3-5H,6H2,1-2H3,(H2,13,15). The maximum atomic E-state index is 5.91. The minimum atomic E-state index is 0.428. The summed E-state index contributed by atoms with van der Waals surface area (Å²) in [6.45, 7) is 4.30. The van der Waals surface area contributed by atoms with E-state index >= 15 is 0 Å². The lowest BCUT2D eigenvalue weighted by atomic mass is 10.3. The van der Waals surface area contributed by atoms with E-state index in [0.717, 1.165) is 28.3 Å². The average molecular weight is 243 g/mol. The maximum absolute atomic E-state index is 5.91. The molecule has 3 aromatic heterocycles. The fraction of sp³-hybridized carbons (Fsp3) is 0.250. The van der Waals surface area contributed by atoms with E-state index in [9.17, 15) is 0 Å². The summed E-state index contributed by atoms with van der Waals surface area (Å²) in [7, 11) is 0. The monoisotopic (exact) mass is 243 g/mol. The number of rotatable bonds is 2. The first-order valence-corrected chi connectivity index (χ1v) is 5.65. The summed E-state index contributed by atoms with van der Waals surface area (Å²) in [4.78, 5) is 8.73. The van der Waals surface area contributed by atoms with E-state index in [2.05, 4.69) is 15.1 Å². The lowest BCUT2D eigenvalue weighted by Crippen LogP contribution is -2.05. The van der Waals surface area contributed by atoms with Gasteiger partial charge in [0.1, 0.15) is 5.52 Å². The van der Waals surface area contributed by atoms with Crippen LogP contribution in [0.25, 0.3) is 11.2 Å². The van der Waals surface area contributed by atoms with Crippen LogP contribution in [-0.2, 0) is 6.54 Å². The topological polar surface area (TPSA) is 82.8 Å². The zero-order valence-electron chi connectivity index (χ0n) is 10.2. The quantitative estimate of drug-likeness (QED) is 0.740. The fourth-order valence-electron chi connectivity index (χ4n) is 1.92. The van der Waals surface area contributed by atoms with Crippen LogP contribution in [0.5, 0.6) is 0 Å². The number of imidazole rings is 1. The Hall–Kier alpha value is -2.37. The summed E-state index contributed by atoms with van der Waals surface area (Å²) in [6.07, 6.45) is 0. The predicted octanol–water partition coefficient (Wildman–Crippen LogP) is 1.67. The molecule has 0 aliphatic rings. The van der Waals surface area contributed by atoms with Crippen molar-refractivity contribution in [1.29, 1.82) is 0 Å². The summed E-state index contributed by atoms with van der Waals surface area (Å²) in [5, 5.41) is 3.85. The zero-order chi connectivity index (χ0) is 12.7. The highest BCUT2D eigenvalue weighted by Crippen LogP contribution is 2.18. The SMILES string of the molecule is Cc1cc(Cn2c(N)nc3ccc(C)nc32)on1. The van der Waals surface area contributed by atoms with Gasteiger partial charge in [0.15, 0.2) is 11.4 Å². The third-order valence-electron chi connectivity index (χ3n) is 2.75. The van der Waals surface area contributed by atoms with Gasteiger partial charge in [-0.1, -0.05) is 5.16 Å². The Balaban J connectivity index is 2.10. The number of anilines is 1. The third kappa shape index (κ3) is 1.71. The predicted molar refractivity (Wildman–Crippen MR) is 67.0 cm³/mol. The number of fused-ring (bicyclic) bond motifs is 1. The molecule has 3 heterocycles. The highest BCUT2D eigenvalue weighted by atomic mass is 16.5. The number of pyridine rings is 1. The number of nitrogens with zero attached hydrogens (tertiary/aromatic N) is 4. The van der Waals surface area contributed by atoms with E-state index in [-0.39, 0.29) is 0 Å². The summed E-state index contributed by atoms with van der Waals surface area (Å²) in [6, 6.07) is 5.70. The molecule has 92 valence electrons. The molecule has 0 saturated heterocycles. The van der Waals surface area contributed by atoms with E-state index in [1.165, 1.54) is 0 Å². The summed E-state index contributed by atoms with van der Waals surface area (Å²) in [5.74, 6) is 1.17. The molecule has 0 bridgehead atoms. The van der Waals surface area contributed by atoms with Gasteiger partial charge in [-0.25, -0.2) is 9.97 Å². The maximum Gasteiger partial charge on any atom is 0.202 e. The number of aromatic nitrogens is 4. The highest BCUT2D eigenvalue weighted by Gasteiger charge is 2.12. The van der Waals surface area contributed by atoms with Crippen LogP contribution in [-0.4, -0.2) is 19.7 Å². The van der Waals surface area contributed by atoms with Gasteiger partial charge in [0.25, 0.3) is 0 Å². The molecule has 0 atom stereocenters. The van der Waals surface area contributed by atoms with Crippen molar-refractivity contribution in [3.8, 4) is 0 Å². The summed E-state index contributed by atoms with van der Waals surface area (Å²) in [5.41, 5.74) is 9.23. The molecule has 0 aromatic carbocycles. The number of nitrogens with two attached hydrogens (primary N) is 1. The largest absolute Gasteiger partial charge is 0.369 e. The first-order valence-electron chi connectivity index (χ1n) is 5.65. The van der Waals surface area contributed by atoms with Gasteiger partial charge in [-0.15, -0.1) is 0 Å². The molecule has 0 aliphatic carbocycles.